The number of anilines is 1. The highest BCUT2D eigenvalue weighted by atomic mass is 32.2. The van der Waals surface area contributed by atoms with Gasteiger partial charge in [0.05, 0.1) is 16.9 Å². The molecule has 0 aliphatic heterocycles. The fourth-order valence-corrected chi connectivity index (χ4v) is 6.13. The molecule has 0 atom stereocenters. The minimum absolute atomic E-state index is 0.0126. The van der Waals surface area contributed by atoms with Gasteiger partial charge in [-0.1, -0.05) is 54.9 Å². The Hall–Kier alpha value is -3.04. The number of para-hydroxylation sites is 1. The van der Waals surface area contributed by atoms with Crippen LogP contribution in [0, 0.1) is 5.82 Å². The predicted octanol–water partition coefficient (Wildman–Crippen LogP) is 5.88. The third-order valence-corrected chi connectivity index (χ3v) is 8.08. The molecule has 1 aliphatic carbocycles. The van der Waals surface area contributed by atoms with Gasteiger partial charge in [0.25, 0.3) is 11.5 Å². The van der Waals surface area contributed by atoms with E-state index in [9.17, 15) is 14.0 Å². The van der Waals surface area contributed by atoms with Crippen LogP contribution < -0.4 is 10.9 Å². The summed E-state index contributed by atoms with van der Waals surface area (Å²) in [4.78, 5) is 31.3. The summed E-state index contributed by atoms with van der Waals surface area (Å²) >= 11 is 2.96. The van der Waals surface area contributed by atoms with Gasteiger partial charge in [-0.05, 0) is 37.1 Å². The summed E-state index contributed by atoms with van der Waals surface area (Å²) in [6.45, 7) is 0. The predicted molar refractivity (Wildman–Crippen MR) is 133 cm³/mol. The van der Waals surface area contributed by atoms with Crippen LogP contribution in [0.2, 0.25) is 0 Å². The molecule has 9 heteroatoms. The summed E-state index contributed by atoms with van der Waals surface area (Å²) in [5.41, 5.74) is 1.04. The first-order chi connectivity index (χ1) is 16.6. The minimum atomic E-state index is -0.569. The van der Waals surface area contributed by atoms with Crippen molar-refractivity contribution in [3.63, 3.8) is 0 Å². The van der Waals surface area contributed by atoms with Crippen molar-refractivity contribution in [3.05, 3.63) is 87.0 Å². The first kappa shape index (κ1) is 22.7. The molecule has 0 radical (unpaired) electrons. The number of nitrogens with zero attached hydrogens (tertiary/aromatic N) is 3. The summed E-state index contributed by atoms with van der Waals surface area (Å²) in [5, 5.41) is 8.34. The van der Waals surface area contributed by atoms with E-state index in [1.165, 1.54) is 65.1 Å². The van der Waals surface area contributed by atoms with E-state index in [0.717, 1.165) is 22.7 Å². The SMILES string of the molecule is O=C(Nc1ccccc1SCc1cc(=O)n2nc(C3CCCCC3)sc2n1)c1ccccc1F. The molecule has 0 spiro atoms. The van der Waals surface area contributed by atoms with Gasteiger partial charge in [-0.2, -0.15) is 9.61 Å². The molecule has 0 unspecified atom stereocenters. The largest absolute Gasteiger partial charge is 0.321 e. The number of carbonyl (C=O) groups excluding carboxylic acids is 1. The normalized spacial score (nSPS) is 14.4. The van der Waals surface area contributed by atoms with Crippen LogP contribution in [-0.2, 0) is 5.75 Å². The van der Waals surface area contributed by atoms with E-state index in [2.05, 4.69) is 15.4 Å². The number of halogens is 1. The molecule has 2 aromatic carbocycles. The first-order valence-corrected chi connectivity index (χ1v) is 13.1. The average Bonchev–Trinajstić information content (AvgIpc) is 3.29. The highest BCUT2D eigenvalue weighted by Gasteiger charge is 2.21. The number of nitrogens with one attached hydrogen (secondary N) is 1. The summed E-state index contributed by atoms with van der Waals surface area (Å²) in [5.74, 6) is -0.207. The second kappa shape index (κ2) is 10.1. The number of amides is 1. The molecule has 34 heavy (non-hydrogen) atoms. The van der Waals surface area contributed by atoms with Crippen molar-refractivity contribution in [1.29, 1.82) is 0 Å². The van der Waals surface area contributed by atoms with Crippen molar-refractivity contribution >= 4 is 39.7 Å². The summed E-state index contributed by atoms with van der Waals surface area (Å²) in [6, 6.07) is 14.7. The van der Waals surface area contributed by atoms with E-state index in [1.807, 2.05) is 18.2 Å². The molecular formula is C25H23FN4O2S2. The van der Waals surface area contributed by atoms with Crippen molar-refractivity contribution in [2.75, 3.05) is 5.32 Å². The molecule has 2 heterocycles. The number of carbonyl (C=O) groups is 1. The molecule has 0 saturated heterocycles. The van der Waals surface area contributed by atoms with Gasteiger partial charge in [-0.15, -0.1) is 11.8 Å². The van der Waals surface area contributed by atoms with Gasteiger partial charge < -0.3 is 5.32 Å². The molecular weight excluding hydrogens is 471 g/mol. The third-order valence-electron chi connectivity index (χ3n) is 5.90. The zero-order chi connectivity index (χ0) is 23.5. The van der Waals surface area contributed by atoms with E-state index < -0.39 is 11.7 Å². The smallest absolute Gasteiger partial charge is 0.275 e. The monoisotopic (exact) mass is 494 g/mol. The number of hydrogen-bond donors (Lipinski definition) is 1. The fraction of sp³-hybridized carbons (Fsp3) is 0.280. The maximum Gasteiger partial charge on any atom is 0.275 e. The molecule has 0 bridgehead atoms. The van der Waals surface area contributed by atoms with Gasteiger partial charge in [-0.25, -0.2) is 9.37 Å². The molecule has 1 aliphatic rings. The molecule has 1 N–H and O–H groups in total. The minimum Gasteiger partial charge on any atom is -0.321 e. The lowest BCUT2D eigenvalue weighted by Crippen LogP contribution is -2.16. The van der Waals surface area contributed by atoms with Crippen LogP contribution in [0.1, 0.15) is 59.1 Å². The Morgan fingerprint density at radius 2 is 1.88 bits per heavy atom. The number of hydrogen-bond acceptors (Lipinski definition) is 6. The van der Waals surface area contributed by atoms with E-state index in [-0.39, 0.29) is 11.1 Å². The van der Waals surface area contributed by atoms with Crippen LogP contribution in [0.15, 0.2) is 64.3 Å². The summed E-state index contributed by atoms with van der Waals surface area (Å²) < 4.78 is 15.4. The molecule has 6 nitrogen and oxygen atoms in total. The molecule has 4 aromatic rings. The van der Waals surface area contributed by atoms with Crippen LogP contribution in [0.25, 0.3) is 4.96 Å². The van der Waals surface area contributed by atoms with Crippen LogP contribution in [0.4, 0.5) is 10.1 Å². The molecule has 174 valence electrons. The Balaban J connectivity index is 1.33. The van der Waals surface area contributed by atoms with Gasteiger partial charge in [-0.3, -0.25) is 9.59 Å². The summed E-state index contributed by atoms with van der Waals surface area (Å²) in [7, 11) is 0. The van der Waals surface area contributed by atoms with Gasteiger partial charge in [0.15, 0.2) is 0 Å². The van der Waals surface area contributed by atoms with Crippen LogP contribution in [0.5, 0.6) is 0 Å². The summed E-state index contributed by atoms with van der Waals surface area (Å²) in [6.07, 6.45) is 5.91. The molecule has 1 amide bonds. The number of fused-ring (bicyclic) bond motifs is 1. The Kier molecular flexibility index (Phi) is 6.73. The maximum absolute atomic E-state index is 14.0. The lowest BCUT2D eigenvalue weighted by molar-refractivity contribution is 0.102. The molecule has 1 saturated carbocycles. The van der Waals surface area contributed by atoms with Crippen LogP contribution in [0.3, 0.4) is 0 Å². The van der Waals surface area contributed by atoms with Gasteiger partial charge in [0.2, 0.25) is 4.96 Å². The van der Waals surface area contributed by atoms with Crippen molar-refractivity contribution in [1.82, 2.24) is 14.6 Å². The molecule has 5 rings (SSSR count). The fourth-order valence-electron chi connectivity index (χ4n) is 4.14. The first-order valence-electron chi connectivity index (χ1n) is 11.3. The van der Waals surface area contributed by atoms with Gasteiger partial charge in [0.1, 0.15) is 10.8 Å². The lowest BCUT2D eigenvalue weighted by atomic mass is 9.90. The van der Waals surface area contributed by atoms with Crippen molar-refractivity contribution in [2.24, 2.45) is 0 Å². The highest BCUT2D eigenvalue weighted by Crippen LogP contribution is 2.35. The van der Waals surface area contributed by atoms with Crippen LogP contribution >= 0.6 is 23.1 Å². The zero-order valence-corrected chi connectivity index (χ0v) is 20.0. The number of rotatable bonds is 6. The van der Waals surface area contributed by atoms with Gasteiger partial charge >= 0.3 is 0 Å². The topological polar surface area (TPSA) is 76.4 Å². The Labute approximate surface area is 204 Å². The second-order valence-electron chi connectivity index (χ2n) is 8.27. The van der Waals surface area contributed by atoms with Crippen molar-refractivity contribution < 1.29 is 9.18 Å². The van der Waals surface area contributed by atoms with E-state index in [1.54, 1.807) is 18.2 Å². The Morgan fingerprint density at radius 3 is 2.71 bits per heavy atom. The van der Waals surface area contributed by atoms with Crippen LogP contribution in [-0.4, -0.2) is 20.5 Å². The van der Waals surface area contributed by atoms with E-state index >= 15 is 0 Å². The number of benzene rings is 2. The van der Waals surface area contributed by atoms with E-state index in [4.69, 9.17) is 0 Å². The maximum atomic E-state index is 14.0. The second-order valence-corrected chi connectivity index (χ2v) is 10.3. The van der Waals surface area contributed by atoms with Crippen molar-refractivity contribution in [2.45, 2.75) is 48.7 Å². The third kappa shape index (κ3) is 4.90. The number of aromatic nitrogens is 3. The average molecular weight is 495 g/mol. The standard InChI is InChI=1S/C25H23FN4O2S2/c26-19-11-5-4-10-18(19)23(32)28-20-12-6-7-13-21(20)33-15-17-14-22(31)30-25(27-17)34-24(29-30)16-8-2-1-3-9-16/h4-7,10-14,16H,1-3,8-9,15H2,(H,28,32). The quantitative estimate of drug-likeness (QED) is 0.339. The lowest BCUT2D eigenvalue weighted by Gasteiger charge is -2.18. The number of thioether (sulfide) groups is 1. The van der Waals surface area contributed by atoms with Crippen molar-refractivity contribution in [3.8, 4) is 0 Å². The van der Waals surface area contributed by atoms with Gasteiger partial charge in [0, 0.05) is 22.6 Å². The van der Waals surface area contributed by atoms with E-state index in [0.29, 0.717) is 28.0 Å². The zero-order valence-electron chi connectivity index (χ0n) is 18.4. The highest BCUT2D eigenvalue weighted by molar-refractivity contribution is 7.98. The Bertz CT molecular complexity index is 1400. The Morgan fingerprint density at radius 1 is 1.12 bits per heavy atom. The molecule has 2 aromatic heterocycles. The molecule has 1 fully saturated rings.